The lowest BCUT2D eigenvalue weighted by molar-refractivity contribution is -0.142. The van der Waals surface area contributed by atoms with E-state index in [4.69, 9.17) is 0 Å². The number of carbonyl (C=O) groups is 2. The van der Waals surface area contributed by atoms with Gasteiger partial charge in [-0.25, -0.2) is 9.07 Å². The highest BCUT2D eigenvalue weighted by atomic mass is 19.1. The number of fused-ring (bicyclic) bond motifs is 1. The van der Waals surface area contributed by atoms with Crippen LogP contribution in [0.5, 0.6) is 0 Å². The zero-order valence-electron chi connectivity index (χ0n) is 20.3. The molecule has 186 valence electrons. The van der Waals surface area contributed by atoms with E-state index in [0.29, 0.717) is 29.1 Å². The van der Waals surface area contributed by atoms with Crippen LogP contribution in [0.15, 0.2) is 73.1 Å². The second kappa shape index (κ2) is 11.5. The summed E-state index contributed by atoms with van der Waals surface area (Å²) in [5.74, 6) is -0.568. The highest BCUT2D eigenvalue weighted by Gasteiger charge is 2.32. The Hall–Kier alpha value is -4.14. The van der Waals surface area contributed by atoms with Gasteiger partial charge in [0.1, 0.15) is 23.9 Å². The predicted octanol–water partition coefficient (Wildman–Crippen LogP) is 3.90. The molecule has 0 aliphatic carbocycles. The summed E-state index contributed by atoms with van der Waals surface area (Å²) < 4.78 is 15.1. The minimum Gasteiger partial charge on any atom is -0.354 e. The number of nitrogens with zero attached hydrogens (tertiary/aromatic N) is 5. The van der Waals surface area contributed by atoms with Gasteiger partial charge in [-0.2, -0.15) is 0 Å². The van der Waals surface area contributed by atoms with Crippen LogP contribution < -0.4 is 5.32 Å². The van der Waals surface area contributed by atoms with E-state index in [1.807, 2.05) is 24.3 Å². The Morgan fingerprint density at radius 3 is 2.47 bits per heavy atom. The molecule has 0 saturated carbocycles. The number of carbonyl (C=O) groups excluding carboxylic acids is 2. The third-order valence-electron chi connectivity index (χ3n) is 5.89. The first kappa shape index (κ1) is 25.0. The number of nitrogens with one attached hydrogen (secondary N) is 1. The zero-order chi connectivity index (χ0) is 25.5. The van der Waals surface area contributed by atoms with E-state index in [-0.39, 0.29) is 30.7 Å². The smallest absolute Gasteiger partial charge is 0.247 e. The van der Waals surface area contributed by atoms with Crippen LogP contribution >= 0.6 is 0 Å². The van der Waals surface area contributed by atoms with Crippen LogP contribution in [-0.4, -0.2) is 43.2 Å². The molecule has 0 aliphatic heterocycles. The molecular weight excluding hydrogens is 459 g/mol. The van der Waals surface area contributed by atoms with Crippen LogP contribution in [0.3, 0.4) is 0 Å². The Morgan fingerprint density at radius 2 is 1.75 bits per heavy atom. The minimum atomic E-state index is -0.910. The Balaban J connectivity index is 1.69. The molecule has 4 rings (SSSR count). The summed E-state index contributed by atoms with van der Waals surface area (Å²) in [7, 11) is 0. The van der Waals surface area contributed by atoms with Crippen molar-refractivity contribution in [2.75, 3.05) is 6.54 Å². The lowest BCUT2D eigenvalue weighted by Crippen LogP contribution is -2.45. The van der Waals surface area contributed by atoms with E-state index in [9.17, 15) is 14.0 Å². The largest absolute Gasteiger partial charge is 0.354 e. The maximum atomic E-state index is 13.8. The van der Waals surface area contributed by atoms with Gasteiger partial charge in [0.05, 0.1) is 5.52 Å². The second-order valence-corrected chi connectivity index (χ2v) is 9.04. The van der Waals surface area contributed by atoms with Crippen molar-refractivity contribution in [3.63, 3.8) is 0 Å². The van der Waals surface area contributed by atoms with E-state index in [2.05, 4.69) is 34.5 Å². The van der Waals surface area contributed by atoms with Gasteiger partial charge in [-0.3, -0.25) is 14.6 Å². The molecule has 1 atom stereocenters. The van der Waals surface area contributed by atoms with Crippen LogP contribution in [-0.2, 0) is 22.7 Å². The van der Waals surface area contributed by atoms with Crippen LogP contribution in [0.4, 0.5) is 4.39 Å². The number of pyridine rings is 1. The number of rotatable bonds is 10. The number of aromatic nitrogens is 4. The molecule has 0 fully saturated rings. The molecule has 2 aromatic heterocycles. The molecule has 0 bridgehead atoms. The monoisotopic (exact) mass is 488 g/mol. The van der Waals surface area contributed by atoms with Crippen LogP contribution in [0, 0.1) is 11.7 Å². The van der Waals surface area contributed by atoms with E-state index in [0.717, 1.165) is 11.9 Å². The number of benzene rings is 2. The van der Waals surface area contributed by atoms with Crippen molar-refractivity contribution in [2.24, 2.45) is 5.92 Å². The summed E-state index contributed by atoms with van der Waals surface area (Å²) in [4.78, 5) is 32.9. The molecule has 0 saturated heterocycles. The van der Waals surface area contributed by atoms with Crippen molar-refractivity contribution in [3.8, 4) is 0 Å². The molecule has 2 heterocycles. The molecule has 4 aromatic rings. The second-order valence-electron chi connectivity index (χ2n) is 9.04. The first-order valence-electron chi connectivity index (χ1n) is 11.9. The Kier molecular flexibility index (Phi) is 7.99. The zero-order valence-corrected chi connectivity index (χ0v) is 20.3. The molecule has 0 aliphatic rings. The number of hydrogen-bond acceptors (Lipinski definition) is 5. The summed E-state index contributed by atoms with van der Waals surface area (Å²) in [5.41, 5.74) is 2.72. The summed E-state index contributed by atoms with van der Waals surface area (Å²) in [6, 6.07) is 15.8. The molecule has 2 aromatic carbocycles. The van der Waals surface area contributed by atoms with Crippen molar-refractivity contribution >= 4 is 22.8 Å². The van der Waals surface area contributed by atoms with Gasteiger partial charge in [-0.1, -0.05) is 43.3 Å². The molecule has 8 nitrogen and oxygen atoms in total. The first-order valence-corrected chi connectivity index (χ1v) is 11.9. The van der Waals surface area contributed by atoms with Crippen LogP contribution in [0.2, 0.25) is 0 Å². The molecule has 9 heteroatoms. The Morgan fingerprint density at radius 1 is 1.03 bits per heavy atom. The third-order valence-corrected chi connectivity index (χ3v) is 5.89. The standard InChI is InChI=1S/C27H29FN6O2/c1-19(2)11-16-30-27(36)26(21-12-14-29-15-13-21)33(17-20-7-9-22(28)10-8-20)25(35)18-34-24-6-4-3-5-23(24)31-32-34/h3-10,12-15,19,26H,11,16-18H2,1-2H3,(H,30,36). The highest BCUT2D eigenvalue weighted by molar-refractivity contribution is 5.89. The van der Waals surface area contributed by atoms with E-state index >= 15 is 0 Å². The summed E-state index contributed by atoms with van der Waals surface area (Å²) in [5, 5.41) is 11.3. The van der Waals surface area contributed by atoms with Crippen molar-refractivity contribution in [1.82, 2.24) is 30.2 Å². The highest BCUT2D eigenvalue weighted by Crippen LogP contribution is 2.25. The fraction of sp³-hybridized carbons (Fsp3) is 0.296. The number of amides is 2. The predicted molar refractivity (Wildman–Crippen MR) is 134 cm³/mol. The van der Waals surface area contributed by atoms with Gasteiger partial charge < -0.3 is 10.2 Å². The molecule has 0 radical (unpaired) electrons. The quantitative estimate of drug-likeness (QED) is 0.366. The Labute approximate surface area is 209 Å². The van der Waals surface area contributed by atoms with Gasteiger partial charge >= 0.3 is 0 Å². The summed E-state index contributed by atoms with van der Waals surface area (Å²) >= 11 is 0. The number of hydrogen-bond donors (Lipinski definition) is 1. The van der Waals surface area contributed by atoms with Crippen molar-refractivity contribution < 1.29 is 14.0 Å². The van der Waals surface area contributed by atoms with Crippen LogP contribution in [0.25, 0.3) is 11.0 Å². The van der Waals surface area contributed by atoms with Crippen LogP contribution in [0.1, 0.15) is 37.4 Å². The molecule has 36 heavy (non-hydrogen) atoms. The summed E-state index contributed by atoms with van der Waals surface area (Å²) in [6.45, 7) is 4.65. The summed E-state index contributed by atoms with van der Waals surface area (Å²) in [6.07, 6.45) is 4.00. The normalized spacial score (nSPS) is 12.0. The maximum absolute atomic E-state index is 13.8. The number of halogens is 1. The molecule has 1 unspecified atom stereocenters. The van der Waals surface area contributed by atoms with Gasteiger partial charge in [-0.15, -0.1) is 5.10 Å². The molecule has 0 spiro atoms. The maximum Gasteiger partial charge on any atom is 0.247 e. The first-order chi connectivity index (χ1) is 17.4. The minimum absolute atomic E-state index is 0.107. The fourth-order valence-corrected chi connectivity index (χ4v) is 3.96. The molecular formula is C27H29FN6O2. The average Bonchev–Trinajstić information content (AvgIpc) is 3.28. The Bertz CT molecular complexity index is 1310. The van der Waals surface area contributed by atoms with Crippen molar-refractivity contribution in [3.05, 3.63) is 90.0 Å². The topological polar surface area (TPSA) is 93.0 Å². The average molecular weight is 489 g/mol. The van der Waals surface area contributed by atoms with Gasteiger partial charge in [0.2, 0.25) is 11.8 Å². The van der Waals surface area contributed by atoms with E-state index < -0.39 is 6.04 Å². The van der Waals surface area contributed by atoms with E-state index in [1.54, 1.807) is 36.7 Å². The molecule has 2 amide bonds. The lowest BCUT2D eigenvalue weighted by atomic mass is 10.0. The van der Waals surface area contributed by atoms with Gasteiger partial charge in [0.15, 0.2) is 0 Å². The van der Waals surface area contributed by atoms with E-state index in [1.165, 1.54) is 21.7 Å². The van der Waals surface area contributed by atoms with Gasteiger partial charge in [-0.05, 0) is 59.9 Å². The third kappa shape index (κ3) is 6.10. The van der Waals surface area contributed by atoms with Crippen molar-refractivity contribution in [1.29, 1.82) is 0 Å². The number of para-hydroxylation sites is 1. The SMILES string of the molecule is CC(C)CCNC(=O)C(c1ccncc1)N(Cc1ccc(F)cc1)C(=O)Cn1nnc2ccccc21. The fourth-order valence-electron chi connectivity index (χ4n) is 3.96. The van der Waals surface area contributed by atoms with Crippen molar-refractivity contribution in [2.45, 2.75) is 39.4 Å². The molecule has 1 N–H and O–H groups in total. The van der Waals surface area contributed by atoms with Gasteiger partial charge in [0.25, 0.3) is 0 Å². The lowest BCUT2D eigenvalue weighted by Gasteiger charge is -2.31. The van der Waals surface area contributed by atoms with Gasteiger partial charge in [0, 0.05) is 25.5 Å².